The highest BCUT2D eigenvalue weighted by Crippen LogP contribution is 2.13. The number of esters is 1. The van der Waals surface area contributed by atoms with E-state index in [-0.39, 0.29) is 5.97 Å². The molecular weight excluding hydrogens is 174 g/mol. The molecule has 0 aromatic carbocycles. The first kappa shape index (κ1) is 9.19. The van der Waals surface area contributed by atoms with Crippen LogP contribution in [0.2, 0.25) is 0 Å². The van der Waals surface area contributed by atoms with E-state index >= 15 is 0 Å². The van der Waals surface area contributed by atoms with Crippen LogP contribution in [-0.4, -0.2) is 15.9 Å². The van der Waals surface area contributed by atoms with Crippen molar-refractivity contribution in [3.8, 4) is 0 Å². The Labute approximate surface area is 75.5 Å². The summed E-state index contributed by atoms with van der Waals surface area (Å²) in [5, 5.41) is 0. The fraction of sp³-hybridized carbons (Fsp3) is 0.500. The number of carbonyl (C=O) groups excluding carboxylic acids is 1. The molecule has 0 unspecified atom stereocenters. The number of ether oxygens (including phenoxy) is 1. The molecule has 0 saturated heterocycles. The van der Waals surface area contributed by atoms with Gasteiger partial charge in [-0.1, -0.05) is 0 Å². The topological polar surface area (TPSA) is 39.2 Å². The van der Waals surface area contributed by atoms with E-state index in [2.05, 4.69) is 4.37 Å². The smallest absolute Gasteiger partial charge is 0.350 e. The minimum Gasteiger partial charge on any atom is -0.456 e. The Bertz CT molecular complexity index is 261. The normalized spacial score (nSPS) is 11.2. The van der Waals surface area contributed by atoms with Gasteiger partial charge in [-0.15, -0.1) is 0 Å². The minimum atomic E-state index is -0.429. The van der Waals surface area contributed by atoms with E-state index in [1.54, 1.807) is 12.3 Å². The third-order valence-corrected chi connectivity index (χ3v) is 1.76. The molecule has 0 aliphatic rings. The highest BCUT2D eigenvalue weighted by atomic mass is 32.1. The fourth-order valence-electron chi connectivity index (χ4n) is 0.649. The molecule has 0 radical (unpaired) electrons. The van der Waals surface area contributed by atoms with Crippen LogP contribution in [0.1, 0.15) is 30.4 Å². The van der Waals surface area contributed by atoms with Gasteiger partial charge in [0.05, 0.1) is 0 Å². The maximum Gasteiger partial charge on any atom is 0.350 e. The van der Waals surface area contributed by atoms with Gasteiger partial charge in [0.15, 0.2) is 0 Å². The summed E-state index contributed by atoms with van der Waals surface area (Å²) in [6.07, 6.45) is 1.59. The number of nitrogens with zero attached hydrogens (tertiary/aromatic N) is 1. The number of hydrogen-bond donors (Lipinski definition) is 0. The lowest BCUT2D eigenvalue weighted by Gasteiger charge is -2.18. The lowest BCUT2D eigenvalue weighted by molar-refractivity contribution is 0.00753. The molecule has 66 valence electrons. The molecule has 0 bridgehead atoms. The second-order valence-corrected chi connectivity index (χ2v) is 4.21. The van der Waals surface area contributed by atoms with Crippen molar-refractivity contribution in [2.24, 2.45) is 0 Å². The molecule has 0 atom stereocenters. The van der Waals surface area contributed by atoms with E-state index in [0.717, 1.165) is 11.5 Å². The zero-order valence-electron chi connectivity index (χ0n) is 7.33. The Kier molecular flexibility index (Phi) is 2.47. The van der Waals surface area contributed by atoms with Crippen molar-refractivity contribution in [3.05, 3.63) is 17.1 Å². The molecule has 0 saturated carbocycles. The van der Waals surface area contributed by atoms with Crippen LogP contribution < -0.4 is 0 Å². The molecular formula is C8H11NO2S. The molecule has 1 aromatic rings. The summed E-state index contributed by atoms with van der Waals surface area (Å²) in [6.45, 7) is 5.52. The van der Waals surface area contributed by atoms with E-state index < -0.39 is 5.60 Å². The van der Waals surface area contributed by atoms with E-state index in [1.165, 1.54) is 0 Å². The molecule has 0 amide bonds. The molecule has 0 spiro atoms. The van der Waals surface area contributed by atoms with Crippen LogP contribution in [0.15, 0.2) is 12.3 Å². The van der Waals surface area contributed by atoms with Gasteiger partial charge in [-0.3, -0.25) is 0 Å². The Morgan fingerprint density at radius 2 is 2.25 bits per heavy atom. The summed E-state index contributed by atoms with van der Waals surface area (Å²) >= 11 is 1.15. The first-order valence-electron chi connectivity index (χ1n) is 3.63. The van der Waals surface area contributed by atoms with Gasteiger partial charge in [-0.05, 0) is 38.4 Å². The van der Waals surface area contributed by atoms with Crippen molar-refractivity contribution in [3.63, 3.8) is 0 Å². The van der Waals surface area contributed by atoms with Crippen molar-refractivity contribution < 1.29 is 9.53 Å². The number of aromatic nitrogens is 1. The quantitative estimate of drug-likeness (QED) is 0.629. The van der Waals surface area contributed by atoms with Crippen LogP contribution in [0.4, 0.5) is 0 Å². The molecule has 0 fully saturated rings. The van der Waals surface area contributed by atoms with Crippen molar-refractivity contribution in [2.45, 2.75) is 26.4 Å². The first-order valence-corrected chi connectivity index (χ1v) is 4.40. The van der Waals surface area contributed by atoms with Crippen LogP contribution in [0.5, 0.6) is 0 Å². The zero-order valence-corrected chi connectivity index (χ0v) is 8.14. The van der Waals surface area contributed by atoms with E-state index in [4.69, 9.17) is 4.74 Å². The molecule has 1 rings (SSSR count). The second-order valence-electron chi connectivity index (χ2n) is 3.38. The number of rotatable bonds is 1. The van der Waals surface area contributed by atoms with Crippen molar-refractivity contribution >= 4 is 17.5 Å². The fourth-order valence-corrected chi connectivity index (χ4v) is 1.12. The summed E-state index contributed by atoms with van der Waals surface area (Å²) in [5.74, 6) is -0.301. The standard InChI is InChI=1S/C8H11NO2S/c1-8(2,3)11-7(10)6-4-5-9-12-6/h4-5H,1-3H3. The van der Waals surface area contributed by atoms with E-state index in [1.807, 2.05) is 20.8 Å². The van der Waals surface area contributed by atoms with Crippen molar-refractivity contribution in [1.29, 1.82) is 0 Å². The molecule has 4 heteroatoms. The Morgan fingerprint density at radius 1 is 1.58 bits per heavy atom. The lowest BCUT2D eigenvalue weighted by Crippen LogP contribution is -2.23. The monoisotopic (exact) mass is 185 g/mol. The van der Waals surface area contributed by atoms with Gasteiger partial charge in [0.1, 0.15) is 10.5 Å². The van der Waals surface area contributed by atoms with Gasteiger partial charge in [-0.25, -0.2) is 9.17 Å². The van der Waals surface area contributed by atoms with Gasteiger partial charge in [0.25, 0.3) is 0 Å². The average molecular weight is 185 g/mol. The molecule has 3 nitrogen and oxygen atoms in total. The van der Waals surface area contributed by atoms with E-state index in [0.29, 0.717) is 4.88 Å². The van der Waals surface area contributed by atoms with Gasteiger partial charge in [0, 0.05) is 6.20 Å². The predicted octanol–water partition coefficient (Wildman–Crippen LogP) is 2.10. The SMILES string of the molecule is CC(C)(C)OC(=O)c1ccns1. The second kappa shape index (κ2) is 3.23. The van der Waals surface area contributed by atoms with Crippen molar-refractivity contribution in [1.82, 2.24) is 4.37 Å². The minimum absolute atomic E-state index is 0.301. The Balaban J connectivity index is 2.63. The van der Waals surface area contributed by atoms with Crippen LogP contribution >= 0.6 is 11.5 Å². The molecule has 0 aliphatic heterocycles. The molecule has 1 aromatic heterocycles. The van der Waals surface area contributed by atoms with Crippen LogP contribution in [0.3, 0.4) is 0 Å². The maximum atomic E-state index is 11.3. The highest BCUT2D eigenvalue weighted by molar-refractivity contribution is 7.07. The summed E-state index contributed by atoms with van der Waals surface area (Å²) in [4.78, 5) is 11.8. The summed E-state index contributed by atoms with van der Waals surface area (Å²) in [7, 11) is 0. The third-order valence-electron chi connectivity index (χ3n) is 1.04. The van der Waals surface area contributed by atoms with Crippen LogP contribution in [0.25, 0.3) is 0 Å². The molecule has 1 heterocycles. The van der Waals surface area contributed by atoms with Gasteiger partial charge < -0.3 is 4.74 Å². The Morgan fingerprint density at radius 3 is 2.67 bits per heavy atom. The van der Waals surface area contributed by atoms with Gasteiger partial charge >= 0.3 is 5.97 Å². The molecule has 0 aliphatic carbocycles. The summed E-state index contributed by atoms with van der Waals surface area (Å²) in [6, 6.07) is 1.65. The van der Waals surface area contributed by atoms with E-state index in [9.17, 15) is 4.79 Å². The van der Waals surface area contributed by atoms with Crippen molar-refractivity contribution in [2.75, 3.05) is 0 Å². The zero-order chi connectivity index (χ0) is 9.19. The maximum absolute atomic E-state index is 11.3. The molecule has 0 N–H and O–H groups in total. The van der Waals surface area contributed by atoms with Gasteiger partial charge in [-0.2, -0.15) is 0 Å². The number of hydrogen-bond acceptors (Lipinski definition) is 4. The largest absolute Gasteiger partial charge is 0.456 e. The van der Waals surface area contributed by atoms with Gasteiger partial charge in [0.2, 0.25) is 0 Å². The Hall–Kier alpha value is -0.900. The van der Waals surface area contributed by atoms with Crippen LogP contribution in [0, 0.1) is 0 Å². The summed E-state index contributed by atoms with van der Waals surface area (Å²) in [5.41, 5.74) is -0.429. The highest BCUT2D eigenvalue weighted by Gasteiger charge is 2.18. The molecule has 12 heavy (non-hydrogen) atoms. The number of carbonyl (C=O) groups is 1. The first-order chi connectivity index (χ1) is 5.49. The summed E-state index contributed by atoms with van der Waals surface area (Å²) < 4.78 is 8.93. The average Bonchev–Trinajstić information content (AvgIpc) is 2.32. The predicted molar refractivity (Wildman–Crippen MR) is 47.3 cm³/mol. The third kappa shape index (κ3) is 2.62. The van der Waals surface area contributed by atoms with Crippen LogP contribution in [-0.2, 0) is 4.74 Å². The lowest BCUT2D eigenvalue weighted by atomic mass is 10.2.